The predicted octanol–water partition coefficient (Wildman–Crippen LogP) is 1.59. The van der Waals surface area contributed by atoms with Crippen LogP contribution < -0.4 is 10.0 Å². The maximum Gasteiger partial charge on any atom is 0.244 e. The molecule has 2 aliphatic rings. The lowest BCUT2D eigenvalue weighted by Gasteiger charge is -2.28. The van der Waals surface area contributed by atoms with Gasteiger partial charge >= 0.3 is 0 Å². The molecular formula is C18H27N3O4S. The summed E-state index contributed by atoms with van der Waals surface area (Å²) < 4.78 is 34.2. The number of hydrogen-bond donors (Lipinski definition) is 3. The van der Waals surface area contributed by atoms with Crippen LogP contribution in [0.3, 0.4) is 0 Å². The molecule has 0 aromatic carbocycles. The number of aliphatic hydroxyl groups is 1. The second kappa shape index (κ2) is 7.64. The topological polar surface area (TPSA) is 101 Å². The Bertz CT molecular complexity index is 771. The molecule has 0 saturated carbocycles. The minimum atomic E-state index is -3.83. The first-order valence-electron chi connectivity index (χ1n) is 8.98. The molecule has 1 fully saturated rings. The molecule has 1 aromatic heterocycles. The Morgan fingerprint density at radius 1 is 1.35 bits per heavy atom. The number of rotatable bonds is 7. The number of sulfonamides is 1. The van der Waals surface area contributed by atoms with Gasteiger partial charge in [0.05, 0.1) is 18.2 Å². The maximum absolute atomic E-state index is 13.0. The molecule has 144 valence electrons. The van der Waals surface area contributed by atoms with E-state index in [0.29, 0.717) is 31.1 Å². The molecule has 0 amide bonds. The van der Waals surface area contributed by atoms with Gasteiger partial charge in [0, 0.05) is 24.8 Å². The van der Waals surface area contributed by atoms with Crippen LogP contribution in [0, 0.1) is 12.8 Å². The number of anilines is 1. The lowest BCUT2D eigenvalue weighted by atomic mass is 10.0. The maximum atomic E-state index is 13.0. The van der Waals surface area contributed by atoms with Crippen molar-refractivity contribution in [2.75, 3.05) is 25.1 Å². The molecule has 2 heterocycles. The Kier molecular flexibility index (Phi) is 5.67. The smallest absolute Gasteiger partial charge is 0.244 e. The van der Waals surface area contributed by atoms with Crippen molar-refractivity contribution in [1.82, 2.24) is 9.71 Å². The van der Waals surface area contributed by atoms with Crippen molar-refractivity contribution in [2.24, 2.45) is 5.92 Å². The van der Waals surface area contributed by atoms with Gasteiger partial charge in [-0.05, 0) is 45.2 Å². The van der Waals surface area contributed by atoms with Gasteiger partial charge in [-0.25, -0.2) is 18.1 Å². The molecule has 8 heteroatoms. The molecule has 0 bridgehead atoms. The van der Waals surface area contributed by atoms with E-state index in [2.05, 4.69) is 15.0 Å². The summed E-state index contributed by atoms with van der Waals surface area (Å²) in [6.07, 6.45) is 5.80. The van der Waals surface area contributed by atoms with E-state index in [1.54, 1.807) is 12.1 Å². The summed E-state index contributed by atoms with van der Waals surface area (Å²) in [4.78, 5) is 4.51. The molecule has 2 atom stereocenters. The van der Waals surface area contributed by atoms with Crippen molar-refractivity contribution in [1.29, 1.82) is 0 Å². The molecular weight excluding hydrogens is 354 g/mol. The van der Waals surface area contributed by atoms with Crippen molar-refractivity contribution in [3.05, 3.63) is 30.0 Å². The lowest BCUT2D eigenvalue weighted by molar-refractivity contribution is 0.108. The summed E-state index contributed by atoms with van der Waals surface area (Å²) >= 11 is 0. The monoisotopic (exact) mass is 381 g/mol. The molecule has 1 aromatic rings. The molecule has 1 saturated heterocycles. The normalized spacial score (nSPS) is 24.9. The third-order valence-electron chi connectivity index (χ3n) is 5.19. The van der Waals surface area contributed by atoms with E-state index in [-0.39, 0.29) is 17.6 Å². The fraction of sp³-hybridized carbons (Fsp3) is 0.611. The molecule has 3 N–H and O–H groups in total. The van der Waals surface area contributed by atoms with Gasteiger partial charge < -0.3 is 15.2 Å². The van der Waals surface area contributed by atoms with Gasteiger partial charge in [-0.2, -0.15) is 0 Å². The van der Waals surface area contributed by atoms with Crippen molar-refractivity contribution >= 4 is 15.8 Å². The number of ether oxygens (including phenoxy) is 1. The van der Waals surface area contributed by atoms with Crippen molar-refractivity contribution in [2.45, 2.75) is 49.6 Å². The van der Waals surface area contributed by atoms with E-state index < -0.39 is 15.6 Å². The van der Waals surface area contributed by atoms with Crippen LogP contribution in [0.25, 0.3) is 0 Å². The highest BCUT2D eigenvalue weighted by atomic mass is 32.2. The third kappa shape index (κ3) is 4.09. The van der Waals surface area contributed by atoms with E-state index in [9.17, 15) is 13.5 Å². The van der Waals surface area contributed by atoms with Gasteiger partial charge in [0.25, 0.3) is 0 Å². The summed E-state index contributed by atoms with van der Waals surface area (Å²) in [5.41, 5.74) is -0.129. The Morgan fingerprint density at radius 2 is 2.08 bits per heavy atom. The summed E-state index contributed by atoms with van der Waals surface area (Å²) in [5.74, 6) is 0.666. The fourth-order valence-corrected chi connectivity index (χ4v) is 4.98. The number of aromatic nitrogens is 1. The third-order valence-corrected chi connectivity index (χ3v) is 6.80. The Morgan fingerprint density at radius 3 is 2.69 bits per heavy atom. The molecule has 1 aliphatic carbocycles. The molecule has 0 spiro atoms. The second-order valence-electron chi connectivity index (χ2n) is 7.23. The predicted molar refractivity (Wildman–Crippen MR) is 99.5 cm³/mol. The van der Waals surface area contributed by atoms with E-state index >= 15 is 0 Å². The molecule has 1 aliphatic heterocycles. The molecule has 7 nitrogen and oxygen atoms in total. The minimum Gasteiger partial charge on any atom is -0.394 e. The summed E-state index contributed by atoms with van der Waals surface area (Å²) in [5, 5.41) is 12.9. The number of nitrogens with zero attached hydrogens (tertiary/aromatic N) is 1. The molecule has 2 unspecified atom stereocenters. The number of pyridine rings is 1. The number of nitrogens with one attached hydrogen (secondary N) is 2. The summed E-state index contributed by atoms with van der Waals surface area (Å²) in [7, 11) is -3.83. The Hall–Kier alpha value is -1.48. The zero-order valence-corrected chi connectivity index (χ0v) is 16.1. The van der Waals surface area contributed by atoms with Crippen LogP contribution in [-0.2, 0) is 14.8 Å². The second-order valence-corrected chi connectivity index (χ2v) is 8.88. The van der Waals surface area contributed by atoms with Gasteiger partial charge in [-0.15, -0.1) is 0 Å². The average Bonchev–Trinajstić information content (AvgIpc) is 3.22. The van der Waals surface area contributed by atoms with E-state index in [1.165, 1.54) is 0 Å². The Balaban J connectivity index is 1.81. The Labute approximate surface area is 154 Å². The zero-order valence-electron chi connectivity index (χ0n) is 15.2. The lowest BCUT2D eigenvalue weighted by Crippen LogP contribution is -2.49. The van der Waals surface area contributed by atoms with Crippen LogP contribution >= 0.6 is 0 Å². The van der Waals surface area contributed by atoms with Gasteiger partial charge in [-0.1, -0.05) is 12.2 Å². The van der Waals surface area contributed by atoms with Crippen molar-refractivity contribution in [3.8, 4) is 0 Å². The van der Waals surface area contributed by atoms with Crippen LogP contribution in [0.2, 0.25) is 0 Å². The van der Waals surface area contributed by atoms with E-state index in [1.807, 2.05) is 26.0 Å². The molecule has 3 rings (SSSR count). The highest BCUT2D eigenvalue weighted by Crippen LogP contribution is 2.28. The van der Waals surface area contributed by atoms with Crippen LogP contribution in [0.4, 0.5) is 5.82 Å². The fourth-order valence-electron chi connectivity index (χ4n) is 3.45. The SMILES string of the molecule is Cc1ccc(S(=O)(=O)NC2(CO)CC=CC2)c(NCC2CCOC2C)n1. The van der Waals surface area contributed by atoms with Gasteiger partial charge in [0.15, 0.2) is 0 Å². The number of hydrogen-bond acceptors (Lipinski definition) is 6. The van der Waals surface area contributed by atoms with Gasteiger partial charge in [0.1, 0.15) is 10.7 Å². The minimum absolute atomic E-state index is 0.106. The average molecular weight is 381 g/mol. The summed E-state index contributed by atoms with van der Waals surface area (Å²) in [6, 6.07) is 3.24. The van der Waals surface area contributed by atoms with Crippen molar-refractivity contribution in [3.63, 3.8) is 0 Å². The van der Waals surface area contributed by atoms with Crippen LogP contribution in [0.5, 0.6) is 0 Å². The quantitative estimate of drug-likeness (QED) is 0.620. The summed E-state index contributed by atoms with van der Waals surface area (Å²) in [6.45, 7) is 4.94. The largest absolute Gasteiger partial charge is 0.394 e. The first-order valence-corrected chi connectivity index (χ1v) is 10.5. The van der Waals surface area contributed by atoms with Crippen LogP contribution in [0.1, 0.15) is 31.9 Å². The number of aryl methyl sites for hydroxylation is 1. The standard InChI is InChI=1S/C18H27N3O4S/c1-13-5-6-16(17(20-13)19-11-15-7-10-25-14(15)2)26(23,24)21-18(12-22)8-3-4-9-18/h3-6,14-15,21-22H,7-12H2,1-2H3,(H,19,20). The van der Waals surface area contributed by atoms with Crippen LogP contribution in [-0.4, -0.2) is 49.9 Å². The molecule has 26 heavy (non-hydrogen) atoms. The van der Waals surface area contributed by atoms with Crippen LogP contribution in [0.15, 0.2) is 29.2 Å². The zero-order chi connectivity index (χ0) is 18.8. The highest BCUT2D eigenvalue weighted by molar-refractivity contribution is 7.89. The van der Waals surface area contributed by atoms with Gasteiger partial charge in [0.2, 0.25) is 10.0 Å². The van der Waals surface area contributed by atoms with Crippen molar-refractivity contribution < 1.29 is 18.3 Å². The molecule has 0 radical (unpaired) electrons. The van der Waals surface area contributed by atoms with E-state index in [4.69, 9.17) is 4.74 Å². The van der Waals surface area contributed by atoms with E-state index in [0.717, 1.165) is 18.7 Å². The number of aliphatic hydroxyl groups excluding tert-OH is 1. The first-order chi connectivity index (χ1) is 12.4. The highest BCUT2D eigenvalue weighted by Gasteiger charge is 2.36. The first kappa shape index (κ1) is 19.3. The van der Waals surface area contributed by atoms with Gasteiger partial charge in [-0.3, -0.25) is 0 Å².